The maximum absolute atomic E-state index is 13.8. The molecule has 1 heterocycles. The summed E-state index contributed by atoms with van der Waals surface area (Å²) >= 11 is 0. The molecule has 2 atom stereocenters. The van der Waals surface area contributed by atoms with E-state index in [2.05, 4.69) is 17.2 Å². The van der Waals surface area contributed by atoms with Crippen molar-refractivity contribution in [1.82, 2.24) is 10.3 Å². The average molecular weight is 460 g/mol. The second-order valence-electron chi connectivity index (χ2n) is 8.37. The van der Waals surface area contributed by atoms with Gasteiger partial charge in [-0.2, -0.15) is 0 Å². The van der Waals surface area contributed by atoms with Crippen LogP contribution in [0.15, 0.2) is 79.0 Å². The van der Waals surface area contributed by atoms with E-state index in [1.807, 2.05) is 72.8 Å². The summed E-state index contributed by atoms with van der Waals surface area (Å²) in [6.45, 7) is 2.06. The smallest absolute Gasteiger partial charge is 0.407 e. The van der Waals surface area contributed by atoms with Gasteiger partial charge >= 0.3 is 6.09 Å². The Morgan fingerprint density at radius 3 is 2.15 bits per heavy atom. The number of ketones is 1. The predicted molar refractivity (Wildman–Crippen MR) is 134 cm³/mol. The molecule has 3 rings (SSSR count). The van der Waals surface area contributed by atoms with E-state index >= 15 is 0 Å². The third-order valence-electron chi connectivity index (χ3n) is 6.08. The van der Waals surface area contributed by atoms with Crippen molar-refractivity contribution in [2.24, 2.45) is 5.73 Å². The molecule has 0 aliphatic heterocycles. The number of nitrogens with one attached hydrogen (secondary N) is 1. The van der Waals surface area contributed by atoms with Gasteiger partial charge in [-0.25, -0.2) is 4.79 Å². The molecule has 6 heteroatoms. The largest absolute Gasteiger partial charge is 0.453 e. The Morgan fingerprint density at radius 2 is 1.59 bits per heavy atom. The second-order valence-corrected chi connectivity index (χ2v) is 8.37. The Balaban J connectivity index is 1.95. The normalized spacial score (nSPS) is 12.7. The highest BCUT2D eigenvalue weighted by Gasteiger charge is 2.33. The first-order chi connectivity index (χ1) is 16.5. The molecule has 0 aliphatic carbocycles. The molecule has 0 aliphatic rings. The summed E-state index contributed by atoms with van der Waals surface area (Å²) in [5, 5.41) is 2.81. The van der Waals surface area contributed by atoms with Crippen molar-refractivity contribution in [3.8, 4) is 0 Å². The Kier molecular flexibility index (Phi) is 9.35. The van der Waals surface area contributed by atoms with Crippen LogP contribution in [-0.4, -0.2) is 36.1 Å². The Hall–Kier alpha value is -3.51. The number of carbonyl (C=O) groups excluding carboxylic acids is 2. The maximum Gasteiger partial charge on any atom is 0.407 e. The molecule has 3 aromatic rings. The fourth-order valence-electron chi connectivity index (χ4n) is 4.11. The lowest BCUT2D eigenvalue weighted by atomic mass is 9.81. The molecule has 0 saturated heterocycles. The summed E-state index contributed by atoms with van der Waals surface area (Å²) in [5.41, 5.74) is 9.69. The molecule has 2 aromatic carbocycles. The monoisotopic (exact) mass is 459 g/mol. The minimum Gasteiger partial charge on any atom is -0.453 e. The number of nitrogens with zero attached hydrogens (tertiary/aromatic N) is 1. The fraction of sp³-hybridized carbons (Fsp3) is 0.321. The maximum atomic E-state index is 13.8. The van der Waals surface area contributed by atoms with Gasteiger partial charge in [0.2, 0.25) is 0 Å². The van der Waals surface area contributed by atoms with Gasteiger partial charge in [0.05, 0.1) is 7.11 Å². The minimum atomic E-state index is -0.816. The lowest BCUT2D eigenvalue weighted by Gasteiger charge is -2.28. The number of methoxy groups -OCH3 is 1. The van der Waals surface area contributed by atoms with E-state index in [0.29, 0.717) is 6.42 Å². The Morgan fingerprint density at radius 1 is 0.971 bits per heavy atom. The molecule has 6 nitrogen and oxygen atoms in total. The van der Waals surface area contributed by atoms with Crippen molar-refractivity contribution in [2.75, 3.05) is 7.11 Å². The van der Waals surface area contributed by atoms with Crippen LogP contribution in [0.4, 0.5) is 4.79 Å². The van der Waals surface area contributed by atoms with Crippen LogP contribution in [-0.2, 0) is 22.4 Å². The second kappa shape index (κ2) is 12.7. The molecule has 0 bridgehead atoms. The van der Waals surface area contributed by atoms with Gasteiger partial charge < -0.3 is 15.8 Å². The topological polar surface area (TPSA) is 94.3 Å². The summed E-state index contributed by atoms with van der Waals surface area (Å²) in [4.78, 5) is 30.6. The molecular weight excluding hydrogens is 426 g/mol. The molecule has 1 aromatic heterocycles. The summed E-state index contributed by atoms with van der Waals surface area (Å²) < 4.78 is 4.88. The highest BCUT2D eigenvalue weighted by atomic mass is 16.5. The number of alkyl carbamates (subject to hydrolysis) is 1. The van der Waals surface area contributed by atoms with E-state index in [-0.39, 0.29) is 24.2 Å². The van der Waals surface area contributed by atoms with E-state index in [4.69, 9.17) is 10.5 Å². The van der Waals surface area contributed by atoms with Crippen molar-refractivity contribution in [3.63, 3.8) is 0 Å². The van der Waals surface area contributed by atoms with E-state index < -0.39 is 12.1 Å². The van der Waals surface area contributed by atoms with Crippen LogP contribution in [0.5, 0.6) is 0 Å². The third kappa shape index (κ3) is 6.75. The lowest BCUT2D eigenvalue weighted by molar-refractivity contribution is -0.120. The van der Waals surface area contributed by atoms with E-state index in [9.17, 15) is 9.59 Å². The predicted octanol–water partition coefficient (Wildman–Crippen LogP) is 4.42. The fourth-order valence-corrected chi connectivity index (χ4v) is 4.11. The van der Waals surface area contributed by atoms with Crippen LogP contribution in [0.1, 0.15) is 48.1 Å². The Bertz CT molecular complexity index is 1020. The van der Waals surface area contributed by atoms with Crippen LogP contribution in [0.3, 0.4) is 0 Å². The number of aromatic nitrogens is 1. The number of rotatable bonds is 11. The molecule has 0 saturated carbocycles. The molecule has 178 valence electrons. The van der Waals surface area contributed by atoms with E-state index in [1.165, 1.54) is 7.11 Å². The lowest BCUT2D eigenvalue weighted by Crippen LogP contribution is -2.46. The molecule has 0 radical (unpaired) electrons. The van der Waals surface area contributed by atoms with Gasteiger partial charge in [0.25, 0.3) is 0 Å². The summed E-state index contributed by atoms with van der Waals surface area (Å²) in [6, 6.07) is 22.5. The number of pyridine rings is 1. The van der Waals surface area contributed by atoms with Gasteiger partial charge in [0.1, 0.15) is 6.04 Å². The van der Waals surface area contributed by atoms with Crippen molar-refractivity contribution < 1.29 is 14.3 Å². The summed E-state index contributed by atoms with van der Waals surface area (Å²) in [5.74, 6) is -0.486. The van der Waals surface area contributed by atoms with E-state index in [1.54, 1.807) is 6.20 Å². The van der Waals surface area contributed by atoms with Crippen molar-refractivity contribution in [2.45, 2.75) is 50.6 Å². The van der Waals surface area contributed by atoms with Gasteiger partial charge in [0.15, 0.2) is 5.78 Å². The van der Waals surface area contributed by atoms with Gasteiger partial charge in [0, 0.05) is 30.3 Å². The van der Waals surface area contributed by atoms with Crippen molar-refractivity contribution in [3.05, 3.63) is 101 Å². The van der Waals surface area contributed by atoms with Crippen molar-refractivity contribution in [1.29, 1.82) is 0 Å². The molecule has 34 heavy (non-hydrogen) atoms. The zero-order valence-corrected chi connectivity index (χ0v) is 19.8. The van der Waals surface area contributed by atoms with Crippen molar-refractivity contribution >= 4 is 11.9 Å². The van der Waals surface area contributed by atoms with Gasteiger partial charge in [-0.15, -0.1) is 0 Å². The zero-order chi connectivity index (χ0) is 24.3. The standard InChI is InChI=1S/C28H33N3O3/c1-3-23(29)16-17-24-22(15-10-18-30-24)19-25(32)27(31-28(33)34-2)26(20-11-6-4-7-12-20)21-13-8-5-9-14-21/h4-15,18,23,26-27H,3,16-17,19,29H2,1-2H3,(H,31,33)/t23-,27-/m1/s1. The minimum absolute atomic E-state index is 0.0971. The number of carbonyl (C=O) groups is 2. The average Bonchev–Trinajstić information content (AvgIpc) is 2.88. The van der Waals surface area contributed by atoms with Crippen LogP contribution in [0, 0.1) is 0 Å². The molecule has 0 spiro atoms. The number of aryl methyl sites for hydroxylation is 1. The highest BCUT2D eigenvalue weighted by molar-refractivity contribution is 5.90. The van der Waals surface area contributed by atoms with Gasteiger partial charge in [-0.3, -0.25) is 9.78 Å². The Labute approximate surface area is 201 Å². The summed E-state index contributed by atoms with van der Waals surface area (Å²) in [7, 11) is 1.30. The zero-order valence-electron chi connectivity index (χ0n) is 19.8. The molecule has 3 N–H and O–H groups in total. The first-order valence-electron chi connectivity index (χ1n) is 11.7. The van der Waals surface area contributed by atoms with Crippen LogP contribution < -0.4 is 11.1 Å². The van der Waals surface area contributed by atoms with Crippen LogP contribution in [0.2, 0.25) is 0 Å². The highest BCUT2D eigenvalue weighted by Crippen LogP contribution is 2.29. The first kappa shape index (κ1) is 25.1. The SMILES string of the molecule is CC[C@@H](N)CCc1ncccc1CC(=O)[C@@H](NC(=O)OC)C(c1ccccc1)c1ccccc1. The first-order valence-corrected chi connectivity index (χ1v) is 11.7. The third-order valence-corrected chi connectivity index (χ3v) is 6.08. The number of Topliss-reactive ketones (excluding diaryl/α,β-unsaturated/α-hetero) is 1. The van der Waals surface area contributed by atoms with Crippen LogP contribution >= 0.6 is 0 Å². The molecule has 0 unspecified atom stereocenters. The number of benzene rings is 2. The van der Waals surface area contributed by atoms with Gasteiger partial charge in [-0.1, -0.05) is 73.7 Å². The van der Waals surface area contributed by atoms with E-state index in [0.717, 1.165) is 35.2 Å². The molecular formula is C28H33N3O3. The number of hydrogen-bond donors (Lipinski definition) is 2. The number of hydrogen-bond acceptors (Lipinski definition) is 5. The number of ether oxygens (including phenoxy) is 1. The summed E-state index contributed by atoms with van der Waals surface area (Å²) in [6.07, 6.45) is 3.64. The quantitative estimate of drug-likeness (QED) is 0.443. The van der Waals surface area contributed by atoms with Gasteiger partial charge in [-0.05, 0) is 42.0 Å². The molecule has 0 fully saturated rings. The number of amides is 1. The van der Waals surface area contributed by atoms with Crippen LogP contribution in [0.25, 0.3) is 0 Å². The number of nitrogens with two attached hydrogens (primary N) is 1. The molecule has 1 amide bonds.